The van der Waals surface area contributed by atoms with Gasteiger partial charge in [-0.1, -0.05) is 0 Å². The van der Waals surface area contributed by atoms with E-state index in [0.717, 1.165) is 12.8 Å². The van der Waals surface area contributed by atoms with Crippen molar-refractivity contribution in [3.8, 4) is 0 Å². The van der Waals surface area contributed by atoms with Crippen LogP contribution in [0.25, 0.3) is 0 Å². The number of nitro groups is 1. The molecule has 2 rings (SSSR count). The summed E-state index contributed by atoms with van der Waals surface area (Å²) in [6.07, 6.45) is 2.02. The van der Waals surface area contributed by atoms with Gasteiger partial charge < -0.3 is 4.74 Å². The quantitative estimate of drug-likeness (QED) is 0.481. The summed E-state index contributed by atoms with van der Waals surface area (Å²) in [4.78, 5) is 33.8. The van der Waals surface area contributed by atoms with Crippen LogP contribution >= 0.6 is 0 Å². The molecule has 1 aliphatic rings. The second-order valence-corrected chi connectivity index (χ2v) is 4.86. The van der Waals surface area contributed by atoms with E-state index in [2.05, 4.69) is 0 Å². The summed E-state index contributed by atoms with van der Waals surface area (Å²) in [5.41, 5.74) is 0.571. The zero-order valence-corrected chi connectivity index (χ0v) is 11.1. The molecule has 0 heterocycles. The minimum atomic E-state index is -0.674. The van der Waals surface area contributed by atoms with E-state index in [9.17, 15) is 19.7 Å². The first-order valence-electron chi connectivity index (χ1n) is 6.48. The van der Waals surface area contributed by atoms with Crippen LogP contribution < -0.4 is 0 Å². The standard InChI is InChI=1S/C14H15NO5/c1-9-8-10(6-7-11(9)15(18)19)14(17)20-13-5-3-2-4-12(13)16/h6-8,13H,2-5H2,1H3/t13-/m1/s1. The fraction of sp³-hybridized carbons (Fsp3) is 0.429. The number of nitrogens with zero attached hydrogens (tertiary/aromatic N) is 1. The summed E-state index contributed by atoms with van der Waals surface area (Å²) >= 11 is 0. The molecule has 20 heavy (non-hydrogen) atoms. The Morgan fingerprint density at radius 2 is 2.15 bits per heavy atom. The number of ether oxygens (including phenoxy) is 1. The maximum Gasteiger partial charge on any atom is 0.338 e. The van der Waals surface area contributed by atoms with Crippen molar-refractivity contribution in [3.63, 3.8) is 0 Å². The molecule has 0 aromatic heterocycles. The number of rotatable bonds is 3. The highest BCUT2D eigenvalue weighted by Crippen LogP contribution is 2.22. The predicted octanol–water partition coefficient (Wildman–Crippen LogP) is 2.57. The van der Waals surface area contributed by atoms with Crippen LogP contribution in [0.1, 0.15) is 41.6 Å². The topological polar surface area (TPSA) is 86.5 Å². The van der Waals surface area contributed by atoms with Gasteiger partial charge in [-0.15, -0.1) is 0 Å². The Morgan fingerprint density at radius 1 is 1.40 bits per heavy atom. The van der Waals surface area contributed by atoms with Crippen LogP contribution in [0.5, 0.6) is 0 Å². The molecule has 0 N–H and O–H groups in total. The minimum Gasteiger partial charge on any atom is -0.451 e. The van der Waals surface area contributed by atoms with Gasteiger partial charge in [-0.2, -0.15) is 0 Å². The third-order valence-electron chi connectivity index (χ3n) is 3.38. The lowest BCUT2D eigenvalue weighted by molar-refractivity contribution is -0.385. The van der Waals surface area contributed by atoms with Gasteiger partial charge in [-0.3, -0.25) is 14.9 Å². The van der Waals surface area contributed by atoms with Gasteiger partial charge in [-0.25, -0.2) is 4.79 Å². The number of carbonyl (C=O) groups excluding carboxylic acids is 2. The van der Waals surface area contributed by atoms with Crippen molar-refractivity contribution < 1.29 is 19.2 Å². The first-order valence-corrected chi connectivity index (χ1v) is 6.48. The van der Waals surface area contributed by atoms with Gasteiger partial charge in [-0.05, 0) is 38.3 Å². The molecule has 0 amide bonds. The van der Waals surface area contributed by atoms with Crippen molar-refractivity contribution in [2.24, 2.45) is 0 Å². The third kappa shape index (κ3) is 3.01. The van der Waals surface area contributed by atoms with Gasteiger partial charge in [0, 0.05) is 18.1 Å². The Morgan fingerprint density at radius 3 is 2.75 bits per heavy atom. The van der Waals surface area contributed by atoms with Gasteiger partial charge in [0.1, 0.15) is 0 Å². The number of hydrogen-bond acceptors (Lipinski definition) is 5. The van der Waals surface area contributed by atoms with Crippen LogP contribution in [-0.2, 0) is 9.53 Å². The van der Waals surface area contributed by atoms with Crippen LogP contribution in [0.2, 0.25) is 0 Å². The van der Waals surface area contributed by atoms with Crippen molar-refractivity contribution in [2.75, 3.05) is 0 Å². The fourth-order valence-corrected chi connectivity index (χ4v) is 2.26. The molecule has 0 aliphatic heterocycles. The van der Waals surface area contributed by atoms with E-state index in [-0.39, 0.29) is 17.0 Å². The molecule has 0 radical (unpaired) electrons. The molecular formula is C14H15NO5. The average molecular weight is 277 g/mol. The molecule has 1 saturated carbocycles. The van der Waals surface area contributed by atoms with Gasteiger partial charge >= 0.3 is 5.97 Å². The lowest BCUT2D eigenvalue weighted by atomic mass is 9.96. The summed E-state index contributed by atoms with van der Waals surface area (Å²) < 4.78 is 5.19. The Labute approximate surface area is 115 Å². The molecule has 1 fully saturated rings. The molecule has 1 atom stereocenters. The Bertz CT molecular complexity index is 567. The van der Waals surface area contributed by atoms with E-state index in [1.807, 2.05) is 0 Å². The smallest absolute Gasteiger partial charge is 0.338 e. The summed E-state index contributed by atoms with van der Waals surface area (Å²) in [6, 6.07) is 4.03. The molecule has 0 saturated heterocycles. The summed E-state index contributed by atoms with van der Waals surface area (Å²) in [5.74, 6) is -0.661. The van der Waals surface area contributed by atoms with E-state index in [4.69, 9.17) is 4.74 Å². The Balaban J connectivity index is 2.11. The van der Waals surface area contributed by atoms with Crippen molar-refractivity contribution in [3.05, 3.63) is 39.4 Å². The predicted molar refractivity (Wildman–Crippen MR) is 70.5 cm³/mol. The second-order valence-electron chi connectivity index (χ2n) is 4.86. The van der Waals surface area contributed by atoms with Gasteiger partial charge in [0.25, 0.3) is 5.69 Å². The van der Waals surface area contributed by atoms with Gasteiger partial charge in [0.05, 0.1) is 10.5 Å². The summed E-state index contributed by atoms with van der Waals surface area (Å²) in [5, 5.41) is 10.7. The zero-order chi connectivity index (χ0) is 14.7. The molecule has 1 aliphatic carbocycles. The number of hydrogen-bond donors (Lipinski definition) is 0. The Kier molecular flexibility index (Phi) is 4.12. The van der Waals surface area contributed by atoms with Crippen LogP contribution in [0.3, 0.4) is 0 Å². The SMILES string of the molecule is Cc1cc(C(=O)O[C@@H]2CCCCC2=O)ccc1[N+](=O)[O-]. The summed E-state index contributed by atoms with van der Waals surface area (Å²) in [6.45, 7) is 1.56. The minimum absolute atomic E-state index is 0.0460. The van der Waals surface area contributed by atoms with E-state index in [1.54, 1.807) is 6.92 Å². The van der Waals surface area contributed by atoms with Crippen LogP contribution in [-0.4, -0.2) is 22.8 Å². The number of aryl methyl sites for hydroxylation is 1. The van der Waals surface area contributed by atoms with Gasteiger partial charge in [0.2, 0.25) is 0 Å². The van der Waals surface area contributed by atoms with Crippen molar-refractivity contribution in [1.29, 1.82) is 0 Å². The number of ketones is 1. The first kappa shape index (κ1) is 14.2. The van der Waals surface area contributed by atoms with Crippen molar-refractivity contribution >= 4 is 17.4 Å². The lowest BCUT2D eigenvalue weighted by Gasteiger charge is -2.20. The summed E-state index contributed by atoms with van der Waals surface area (Å²) in [7, 11) is 0. The molecule has 1 aromatic carbocycles. The monoisotopic (exact) mass is 277 g/mol. The molecule has 6 nitrogen and oxygen atoms in total. The highest BCUT2D eigenvalue weighted by Gasteiger charge is 2.26. The number of carbonyl (C=O) groups is 2. The van der Waals surface area contributed by atoms with E-state index < -0.39 is 17.0 Å². The molecular weight excluding hydrogens is 262 g/mol. The maximum atomic E-state index is 11.9. The number of nitro benzene ring substituents is 1. The number of benzene rings is 1. The number of Topliss-reactive ketones (excluding diaryl/α,β-unsaturated/α-hetero) is 1. The largest absolute Gasteiger partial charge is 0.451 e. The van der Waals surface area contributed by atoms with Crippen LogP contribution in [0, 0.1) is 17.0 Å². The van der Waals surface area contributed by atoms with Crippen molar-refractivity contribution in [2.45, 2.75) is 38.7 Å². The molecule has 0 spiro atoms. The lowest BCUT2D eigenvalue weighted by Crippen LogP contribution is -2.30. The van der Waals surface area contributed by atoms with E-state index in [0.29, 0.717) is 18.4 Å². The molecule has 0 bridgehead atoms. The van der Waals surface area contributed by atoms with Crippen LogP contribution in [0.4, 0.5) is 5.69 Å². The highest BCUT2D eigenvalue weighted by molar-refractivity contribution is 5.93. The number of esters is 1. The fourth-order valence-electron chi connectivity index (χ4n) is 2.26. The van der Waals surface area contributed by atoms with Crippen molar-refractivity contribution in [1.82, 2.24) is 0 Å². The third-order valence-corrected chi connectivity index (χ3v) is 3.38. The first-order chi connectivity index (χ1) is 9.49. The normalized spacial score (nSPS) is 18.6. The Hall–Kier alpha value is -2.24. The molecule has 1 aromatic rings. The molecule has 106 valence electrons. The zero-order valence-electron chi connectivity index (χ0n) is 11.1. The maximum absolute atomic E-state index is 11.9. The molecule has 6 heteroatoms. The van der Waals surface area contributed by atoms with E-state index in [1.165, 1.54) is 18.2 Å². The van der Waals surface area contributed by atoms with E-state index >= 15 is 0 Å². The van der Waals surface area contributed by atoms with Gasteiger partial charge in [0.15, 0.2) is 11.9 Å². The second kappa shape index (κ2) is 5.81. The highest BCUT2D eigenvalue weighted by atomic mass is 16.6. The molecule has 0 unspecified atom stereocenters. The average Bonchev–Trinajstić information content (AvgIpc) is 2.40. The van der Waals surface area contributed by atoms with Crippen LogP contribution in [0.15, 0.2) is 18.2 Å².